The number of alkyl halides is 5. The van der Waals surface area contributed by atoms with Crippen molar-refractivity contribution in [2.75, 3.05) is 132 Å². The SMILES string of the molecule is CCC(=O)NC(COCc1cn(CCOCCOCCOCCOC[C@@]23CO[C@@H](O2)[C@@H](NC(=O)C(F)F)[C@@H](O)[C@H]3O)nn1)COCc1cn(CCOCCOCCOCCOC[C@@]23CO[C@@H](O2)[C@@H](NC(=O)C(F)(F)F)[C@@H](O)[C@H]3O)nn1. The molecule has 6 rings (SSSR count). The first-order valence-corrected chi connectivity index (χ1v) is 26.1. The number of aliphatic hydroxyl groups is 4. The Bertz CT molecular complexity index is 2180. The number of carbonyl (C=O) groups is 3. The van der Waals surface area contributed by atoms with Gasteiger partial charge in [0, 0.05) is 6.42 Å². The molecule has 2 aromatic rings. The molecule has 0 saturated carbocycles. The van der Waals surface area contributed by atoms with Crippen LogP contribution in [0.2, 0.25) is 0 Å². The average molecular weight is 1180 g/mol. The third-order valence-electron chi connectivity index (χ3n) is 12.6. The molecule has 3 amide bonds. The van der Waals surface area contributed by atoms with Crippen LogP contribution in [0.3, 0.4) is 0 Å². The molecule has 11 atom stereocenters. The Morgan fingerprint density at radius 2 is 1.02 bits per heavy atom. The number of halogens is 5. The van der Waals surface area contributed by atoms with E-state index in [4.69, 9.17) is 66.3 Å². The highest BCUT2D eigenvalue weighted by Crippen LogP contribution is 2.39. The number of amides is 3. The summed E-state index contributed by atoms with van der Waals surface area (Å²) in [5, 5.41) is 64.8. The Morgan fingerprint density at radius 1 is 0.630 bits per heavy atom. The van der Waals surface area contributed by atoms with Crippen LogP contribution in [0.15, 0.2) is 12.4 Å². The average Bonchev–Trinajstić information content (AvgIpc) is 4.41. The number of nitrogens with one attached hydrogen (secondary N) is 3. The molecular formula is C46H72F5N9O21. The summed E-state index contributed by atoms with van der Waals surface area (Å²) in [5.41, 5.74) is -1.82. The number of aromatic nitrogens is 6. The van der Waals surface area contributed by atoms with Crippen LogP contribution in [-0.4, -0.2) is 279 Å². The number of carbonyl (C=O) groups excluding carboxylic acids is 3. The molecule has 0 aromatic carbocycles. The first-order chi connectivity index (χ1) is 38.9. The molecule has 1 unspecified atom stereocenters. The third-order valence-corrected chi connectivity index (χ3v) is 12.6. The highest BCUT2D eigenvalue weighted by Gasteiger charge is 2.61. The number of aliphatic hydroxyl groups excluding tert-OH is 4. The third kappa shape index (κ3) is 20.4. The number of ether oxygens (including phenoxy) is 14. The second-order valence-corrected chi connectivity index (χ2v) is 18.8. The number of rotatable bonds is 41. The molecule has 0 radical (unpaired) electrons. The molecule has 4 bridgehead atoms. The summed E-state index contributed by atoms with van der Waals surface area (Å²) in [6, 6.07) is -3.46. The van der Waals surface area contributed by atoms with Gasteiger partial charge in [-0.25, -0.2) is 9.36 Å². The monoisotopic (exact) mass is 1180 g/mol. The van der Waals surface area contributed by atoms with Crippen LogP contribution in [0.5, 0.6) is 0 Å². The van der Waals surface area contributed by atoms with E-state index in [1.807, 2.05) is 5.32 Å². The van der Waals surface area contributed by atoms with Crippen LogP contribution in [0.4, 0.5) is 22.0 Å². The highest BCUT2D eigenvalue weighted by molar-refractivity contribution is 5.82. The van der Waals surface area contributed by atoms with Crippen molar-refractivity contribution in [1.82, 2.24) is 45.9 Å². The van der Waals surface area contributed by atoms with Crippen molar-refractivity contribution < 1.29 is 123 Å². The smallest absolute Gasteiger partial charge is 0.388 e. The number of hydrogen-bond acceptors (Lipinski definition) is 25. The second kappa shape index (κ2) is 33.2. The van der Waals surface area contributed by atoms with Crippen molar-refractivity contribution in [3.8, 4) is 0 Å². The molecule has 35 heteroatoms. The first-order valence-electron chi connectivity index (χ1n) is 26.1. The van der Waals surface area contributed by atoms with E-state index >= 15 is 0 Å². The molecule has 30 nitrogen and oxygen atoms in total. The van der Waals surface area contributed by atoms with Gasteiger partial charge in [-0.15, -0.1) is 10.2 Å². The molecule has 462 valence electrons. The van der Waals surface area contributed by atoms with Gasteiger partial charge in [0.15, 0.2) is 12.6 Å². The first kappa shape index (κ1) is 65.8. The van der Waals surface area contributed by atoms with Gasteiger partial charge in [-0.1, -0.05) is 17.4 Å². The fraction of sp³-hybridized carbons (Fsp3) is 0.848. The van der Waals surface area contributed by atoms with Gasteiger partial charge < -0.3 is 103 Å². The highest BCUT2D eigenvalue weighted by atomic mass is 19.4. The molecule has 81 heavy (non-hydrogen) atoms. The van der Waals surface area contributed by atoms with Gasteiger partial charge in [0.25, 0.3) is 5.91 Å². The minimum Gasteiger partial charge on any atom is -0.388 e. The molecule has 6 heterocycles. The van der Waals surface area contributed by atoms with Gasteiger partial charge in [-0.2, -0.15) is 22.0 Å². The lowest BCUT2D eigenvalue weighted by Gasteiger charge is -2.42. The van der Waals surface area contributed by atoms with Crippen LogP contribution in [-0.2, 0) is 107 Å². The van der Waals surface area contributed by atoms with E-state index in [0.29, 0.717) is 70.7 Å². The Kier molecular flexibility index (Phi) is 27.0. The maximum absolute atomic E-state index is 12.7. The Hall–Kier alpha value is -4.38. The number of fused-ring (bicyclic) bond motifs is 4. The molecule has 4 aliphatic heterocycles. The summed E-state index contributed by atoms with van der Waals surface area (Å²) >= 11 is 0. The summed E-state index contributed by atoms with van der Waals surface area (Å²) in [6.45, 7) is 5.73. The summed E-state index contributed by atoms with van der Waals surface area (Å²) < 4.78 is 144. The maximum atomic E-state index is 12.7. The fourth-order valence-corrected chi connectivity index (χ4v) is 8.36. The Morgan fingerprint density at radius 3 is 1.42 bits per heavy atom. The van der Waals surface area contributed by atoms with Crippen LogP contribution >= 0.6 is 0 Å². The van der Waals surface area contributed by atoms with Crippen LogP contribution in [0.25, 0.3) is 0 Å². The largest absolute Gasteiger partial charge is 0.471 e. The van der Waals surface area contributed by atoms with E-state index in [9.17, 15) is 56.8 Å². The van der Waals surface area contributed by atoms with Crippen molar-refractivity contribution in [2.24, 2.45) is 0 Å². The fourth-order valence-electron chi connectivity index (χ4n) is 8.36. The second-order valence-electron chi connectivity index (χ2n) is 18.8. The molecule has 0 aliphatic carbocycles. The molecular weight excluding hydrogens is 1110 g/mol. The quantitative estimate of drug-likeness (QED) is 0.0247. The Labute approximate surface area is 460 Å². The van der Waals surface area contributed by atoms with Gasteiger partial charge in [0.1, 0.15) is 59.1 Å². The minimum absolute atomic E-state index is 0.0627. The predicted molar refractivity (Wildman–Crippen MR) is 255 cm³/mol. The van der Waals surface area contributed by atoms with Gasteiger partial charge in [-0.3, -0.25) is 14.4 Å². The zero-order chi connectivity index (χ0) is 58.3. The number of hydrogen-bond donors (Lipinski definition) is 7. The zero-order valence-corrected chi connectivity index (χ0v) is 44.4. The summed E-state index contributed by atoms with van der Waals surface area (Å²) in [6.07, 6.45) is -14.1. The topological polar surface area (TPSA) is 359 Å². The van der Waals surface area contributed by atoms with E-state index in [1.165, 1.54) is 0 Å². The van der Waals surface area contributed by atoms with Crippen molar-refractivity contribution in [1.29, 1.82) is 0 Å². The lowest BCUT2D eigenvalue weighted by Crippen LogP contribution is -2.67. The predicted octanol–water partition coefficient (Wildman–Crippen LogP) is -3.88. The molecule has 4 saturated heterocycles. The zero-order valence-electron chi connectivity index (χ0n) is 44.4. The normalized spacial score (nSPS) is 26.6. The molecule has 2 aromatic heterocycles. The van der Waals surface area contributed by atoms with Gasteiger partial charge in [0.05, 0.1) is 177 Å². The van der Waals surface area contributed by atoms with Crippen LogP contribution in [0.1, 0.15) is 24.7 Å². The lowest BCUT2D eigenvalue weighted by atomic mass is 9.88. The Balaban J connectivity index is 0.712. The summed E-state index contributed by atoms with van der Waals surface area (Å²) in [7, 11) is 0. The van der Waals surface area contributed by atoms with E-state index in [2.05, 4.69) is 25.9 Å². The van der Waals surface area contributed by atoms with Crippen molar-refractivity contribution >= 4 is 17.7 Å². The van der Waals surface area contributed by atoms with Gasteiger partial charge in [0.2, 0.25) is 5.91 Å². The maximum Gasteiger partial charge on any atom is 0.471 e. The number of nitrogens with zero attached hydrogens (tertiary/aromatic N) is 6. The minimum atomic E-state index is -5.20. The van der Waals surface area contributed by atoms with Gasteiger partial charge in [-0.05, 0) is 0 Å². The van der Waals surface area contributed by atoms with Crippen molar-refractivity contribution in [2.45, 2.75) is 119 Å². The van der Waals surface area contributed by atoms with E-state index < -0.39 is 90.7 Å². The molecule has 4 fully saturated rings. The van der Waals surface area contributed by atoms with E-state index in [0.717, 1.165) is 0 Å². The van der Waals surface area contributed by atoms with Crippen molar-refractivity contribution in [3.05, 3.63) is 23.8 Å². The van der Waals surface area contributed by atoms with E-state index in [-0.39, 0.29) is 111 Å². The molecule has 0 spiro atoms. The van der Waals surface area contributed by atoms with Crippen LogP contribution < -0.4 is 16.0 Å². The standard InChI is InChI=1S/C46H72F5N9O21/c1-2-32(61)52-31(23-76-21-29-19-59(57-55-29)3-5-68-7-9-70-11-13-72-15-17-74-25-44-27-78-41(80-44)33(35(62)37(44)64)53-40(66)39(47)48)24-77-22-30-20-60(58-56-30)4-6-69-8-10-71-12-14-73-16-18-75-26-45-28-79-42(81-45)34(36(63)38(45)65)54-43(67)46(49,50)51/h19-20,31,33-39,41-42,62-65H,2-18,21-28H2,1H3,(H,52,61)(H,53,66)(H,54,67)/t31?,33-,34-,35+,36+,37+,38+,41-,42-,44-,45-/m0/s1. The van der Waals surface area contributed by atoms with Crippen LogP contribution in [0, 0.1) is 0 Å². The molecule has 7 N–H and O–H groups in total. The summed E-state index contributed by atoms with van der Waals surface area (Å²) in [5.74, 6) is -4.09. The molecule has 4 aliphatic rings. The van der Waals surface area contributed by atoms with Crippen molar-refractivity contribution in [3.63, 3.8) is 0 Å². The van der Waals surface area contributed by atoms with E-state index in [1.54, 1.807) is 34.0 Å². The summed E-state index contributed by atoms with van der Waals surface area (Å²) in [4.78, 5) is 35.0. The van der Waals surface area contributed by atoms with Gasteiger partial charge >= 0.3 is 18.5 Å². The lowest BCUT2D eigenvalue weighted by molar-refractivity contribution is -0.240.